The lowest BCUT2D eigenvalue weighted by molar-refractivity contribution is 0.104. The fraction of sp³-hybridized carbons (Fsp3) is 1.00. The van der Waals surface area contributed by atoms with Crippen LogP contribution in [0.15, 0.2) is 0 Å². The number of nitrogens with two attached hydrogens (primary N) is 1. The molecule has 0 spiro atoms. The van der Waals surface area contributed by atoms with Gasteiger partial charge < -0.3 is 10.6 Å². The highest BCUT2D eigenvalue weighted by atomic mass is 15.1. The third-order valence-electron chi connectivity index (χ3n) is 5.03. The Labute approximate surface area is 107 Å². The minimum absolute atomic E-state index is 0.455. The molecule has 0 aromatic heterocycles. The zero-order valence-electron chi connectivity index (χ0n) is 11.6. The molecule has 2 nitrogen and oxygen atoms in total. The van der Waals surface area contributed by atoms with Gasteiger partial charge in [0.25, 0.3) is 0 Å². The normalized spacial score (nSPS) is 27.9. The van der Waals surface area contributed by atoms with Gasteiger partial charge in [0.2, 0.25) is 0 Å². The Bertz CT molecular complexity index is 211. The predicted octanol–water partition coefficient (Wildman–Crippen LogP) is 3.02. The fourth-order valence-electron chi connectivity index (χ4n) is 3.60. The summed E-state index contributed by atoms with van der Waals surface area (Å²) in [4.78, 5) is 2.69. The van der Waals surface area contributed by atoms with Crippen LogP contribution in [0.3, 0.4) is 0 Å². The lowest BCUT2D eigenvalue weighted by Crippen LogP contribution is -2.45. The molecule has 1 saturated carbocycles. The number of hydrogen-bond acceptors (Lipinski definition) is 2. The molecule has 1 aliphatic heterocycles. The lowest BCUT2D eigenvalue weighted by Gasteiger charge is -2.40. The first-order chi connectivity index (χ1) is 8.24. The number of rotatable bonds is 3. The second-order valence-corrected chi connectivity index (χ2v) is 6.58. The average Bonchev–Trinajstić information content (AvgIpc) is 2.58. The topological polar surface area (TPSA) is 29.3 Å². The van der Waals surface area contributed by atoms with Crippen LogP contribution in [-0.2, 0) is 0 Å². The first kappa shape index (κ1) is 13.4. The summed E-state index contributed by atoms with van der Waals surface area (Å²) >= 11 is 0. The molecule has 2 fully saturated rings. The first-order valence-electron chi connectivity index (χ1n) is 7.66. The number of likely N-dealkylation sites (tertiary alicyclic amines) is 1. The van der Waals surface area contributed by atoms with Crippen LogP contribution in [0.25, 0.3) is 0 Å². The van der Waals surface area contributed by atoms with Crippen LogP contribution in [-0.4, -0.2) is 31.1 Å². The Morgan fingerprint density at radius 1 is 1.06 bits per heavy atom. The van der Waals surface area contributed by atoms with E-state index < -0.39 is 0 Å². The molecule has 2 N–H and O–H groups in total. The van der Waals surface area contributed by atoms with Crippen LogP contribution in [0.1, 0.15) is 58.3 Å². The van der Waals surface area contributed by atoms with Crippen LogP contribution in [0, 0.1) is 11.3 Å². The molecule has 2 rings (SSSR count). The van der Waals surface area contributed by atoms with Crippen molar-refractivity contribution in [3.63, 3.8) is 0 Å². The van der Waals surface area contributed by atoms with Gasteiger partial charge in [-0.1, -0.05) is 32.6 Å². The SMILES string of the molecule is CC1CCN(CC2(CN)CCCCCC2)CC1. The molecule has 0 aromatic carbocycles. The highest BCUT2D eigenvalue weighted by Crippen LogP contribution is 2.35. The Kier molecular flexibility index (Phi) is 4.87. The molecule has 2 aliphatic rings. The standard InChI is InChI=1S/C15H30N2/c1-14-6-10-17(11-7-14)13-15(12-16)8-4-2-3-5-9-15/h14H,2-13,16H2,1H3. The van der Waals surface area contributed by atoms with E-state index in [9.17, 15) is 0 Å². The minimum Gasteiger partial charge on any atom is -0.330 e. The van der Waals surface area contributed by atoms with E-state index in [4.69, 9.17) is 5.73 Å². The smallest absolute Gasteiger partial charge is 0.00501 e. The molecule has 1 saturated heterocycles. The van der Waals surface area contributed by atoms with Crippen LogP contribution in [0.5, 0.6) is 0 Å². The molecule has 0 radical (unpaired) electrons. The van der Waals surface area contributed by atoms with Gasteiger partial charge in [0.15, 0.2) is 0 Å². The molecule has 17 heavy (non-hydrogen) atoms. The number of piperidine rings is 1. The van der Waals surface area contributed by atoms with Gasteiger partial charge in [-0.2, -0.15) is 0 Å². The van der Waals surface area contributed by atoms with Gasteiger partial charge in [0.1, 0.15) is 0 Å². The van der Waals surface area contributed by atoms with Gasteiger partial charge in [-0.3, -0.25) is 0 Å². The quantitative estimate of drug-likeness (QED) is 0.766. The zero-order valence-corrected chi connectivity index (χ0v) is 11.6. The van der Waals surface area contributed by atoms with Gasteiger partial charge >= 0.3 is 0 Å². The molecule has 0 aromatic rings. The lowest BCUT2D eigenvalue weighted by atomic mass is 9.79. The van der Waals surface area contributed by atoms with Crippen molar-refractivity contribution in [3.05, 3.63) is 0 Å². The first-order valence-corrected chi connectivity index (χ1v) is 7.66. The molecular weight excluding hydrogens is 208 g/mol. The summed E-state index contributed by atoms with van der Waals surface area (Å²) in [6, 6.07) is 0. The number of hydrogen-bond donors (Lipinski definition) is 1. The second-order valence-electron chi connectivity index (χ2n) is 6.58. The molecule has 1 aliphatic carbocycles. The minimum atomic E-state index is 0.455. The van der Waals surface area contributed by atoms with Crippen molar-refractivity contribution in [2.24, 2.45) is 17.1 Å². The van der Waals surface area contributed by atoms with Gasteiger partial charge in [0, 0.05) is 6.54 Å². The van der Waals surface area contributed by atoms with Gasteiger partial charge in [-0.05, 0) is 56.7 Å². The van der Waals surface area contributed by atoms with Crippen LogP contribution in [0.2, 0.25) is 0 Å². The Balaban J connectivity index is 1.89. The van der Waals surface area contributed by atoms with E-state index in [0.717, 1.165) is 12.5 Å². The highest BCUT2D eigenvalue weighted by molar-refractivity contribution is 4.87. The molecule has 1 heterocycles. The molecule has 0 unspecified atom stereocenters. The van der Waals surface area contributed by atoms with Crippen molar-refractivity contribution in [1.82, 2.24) is 4.90 Å². The highest BCUT2D eigenvalue weighted by Gasteiger charge is 2.32. The van der Waals surface area contributed by atoms with Crippen molar-refractivity contribution >= 4 is 0 Å². The van der Waals surface area contributed by atoms with E-state index in [1.165, 1.54) is 71.0 Å². The summed E-state index contributed by atoms with van der Waals surface area (Å²) in [5.74, 6) is 0.939. The van der Waals surface area contributed by atoms with Crippen molar-refractivity contribution in [2.75, 3.05) is 26.2 Å². The van der Waals surface area contributed by atoms with Crippen molar-refractivity contribution in [1.29, 1.82) is 0 Å². The number of nitrogens with zero attached hydrogens (tertiary/aromatic N) is 1. The van der Waals surface area contributed by atoms with Crippen molar-refractivity contribution < 1.29 is 0 Å². The van der Waals surface area contributed by atoms with Gasteiger partial charge in [-0.25, -0.2) is 0 Å². The predicted molar refractivity (Wildman–Crippen MR) is 74.0 cm³/mol. The maximum atomic E-state index is 6.13. The molecule has 0 amide bonds. The monoisotopic (exact) mass is 238 g/mol. The summed E-state index contributed by atoms with van der Waals surface area (Å²) in [7, 11) is 0. The molecule has 0 atom stereocenters. The second kappa shape index (κ2) is 6.19. The summed E-state index contributed by atoms with van der Waals surface area (Å²) in [6.07, 6.45) is 11.2. The van der Waals surface area contributed by atoms with Crippen LogP contribution >= 0.6 is 0 Å². The van der Waals surface area contributed by atoms with Gasteiger partial charge in [-0.15, -0.1) is 0 Å². The van der Waals surface area contributed by atoms with Crippen molar-refractivity contribution in [3.8, 4) is 0 Å². The van der Waals surface area contributed by atoms with E-state index in [0.29, 0.717) is 5.41 Å². The van der Waals surface area contributed by atoms with E-state index in [2.05, 4.69) is 11.8 Å². The van der Waals surface area contributed by atoms with Gasteiger partial charge in [0.05, 0.1) is 0 Å². The third kappa shape index (κ3) is 3.69. The maximum absolute atomic E-state index is 6.13. The Morgan fingerprint density at radius 2 is 1.65 bits per heavy atom. The maximum Gasteiger partial charge on any atom is 0.00501 e. The summed E-state index contributed by atoms with van der Waals surface area (Å²) in [6.45, 7) is 7.18. The third-order valence-corrected chi connectivity index (χ3v) is 5.03. The Hall–Kier alpha value is -0.0800. The summed E-state index contributed by atoms with van der Waals surface area (Å²) in [5, 5.41) is 0. The molecule has 0 bridgehead atoms. The van der Waals surface area contributed by atoms with E-state index in [1.54, 1.807) is 0 Å². The fourth-order valence-corrected chi connectivity index (χ4v) is 3.60. The van der Waals surface area contributed by atoms with Crippen LogP contribution in [0.4, 0.5) is 0 Å². The summed E-state index contributed by atoms with van der Waals surface area (Å²) < 4.78 is 0. The largest absolute Gasteiger partial charge is 0.330 e. The molecule has 100 valence electrons. The van der Waals surface area contributed by atoms with E-state index in [-0.39, 0.29) is 0 Å². The molecular formula is C15H30N2. The average molecular weight is 238 g/mol. The summed E-state index contributed by atoms with van der Waals surface area (Å²) in [5.41, 5.74) is 6.58. The van der Waals surface area contributed by atoms with E-state index in [1.807, 2.05) is 0 Å². The van der Waals surface area contributed by atoms with E-state index >= 15 is 0 Å². The van der Waals surface area contributed by atoms with Crippen LogP contribution < -0.4 is 5.73 Å². The van der Waals surface area contributed by atoms with Crippen molar-refractivity contribution in [2.45, 2.75) is 58.3 Å². The molecule has 2 heteroatoms. The zero-order chi connectivity index (χ0) is 12.1. The Morgan fingerprint density at radius 3 is 2.18 bits per heavy atom.